The third-order valence-electron chi connectivity index (χ3n) is 3.42. The summed E-state index contributed by atoms with van der Waals surface area (Å²) >= 11 is 0.800. The number of imide groups is 1. The minimum absolute atomic E-state index is 0.219. The van der Waals surface area contributed by atoms with E-state index >= 15 is 0 Å². The average molecular weight is 343 g/mol. The first-order valence-corrected chi connectivity index (χ1v) is 7.76. The second-order valence-electron chi connectivity index (χ2n) is 4.94. The Bertz CT molecular complexity index is 862. The van der Waals surface area contributed by atoms with Gasteiger partial charge in [-0.3, -0.25) is 9.59 Å². The summed E-state index contributed by atoms with van der Waals surface area (Å²) in [7, 11) is 1.47. The van der Waals surface area contributed by atoms with Crippen molar-refractivity contribution in [2.75, 3.05) is 12.0 Å². The first kappa shape index (κ1) is 15.9. The summed E-state index contributed by atoms with van der Waals surface area (Å²) in [5.41, 5.74) is 0.871. The van der Waals surface area contributed by atoms with Gasteiger partial charge in [0.05, 0.1) is 17.7 Å². The van der Waals surface area contributed by atoms with Crippen LogP contribution < -0.4 is 9.64 Å². The lowest BCUT2D eigenvalue weighted by atomic mass is 10.2. The number of methoxy groups -OCH3 is 1. The summed E-state index contributed by atoms with van der Waals surface area (Å²) in [5, 5.41) is 18.4. The van der Waals surface area contributed by atoms with E-state index in [0.717, 1.165) is 16.7 Å². The van der Waals surface area contributed by atoms with E-state index < -0.39 is 11.1 Å². The van der Waals surface area contributed by atoms with Gasteiger partial charge in [0.1, 0.15) is 5.75 Å². The molecule has 0 radical (unpaired) electrons. The molecule has 1 fully saturated rings. The van der Waals surface area contributed by atoms with E-state index in [0.29, 0.717) is 17.0 Å². The number of hydrogen-bond acceptors (Lipinski definition) is 6. The number of nitrogens with zero attached hydrogens (tertiary/aromatic N) is 1. The van der Waals surface area contributed by atoms with Gasteiger partial charge in [-0.25, -0.2) is 4.90 Å². The Morgan fingerprint density at radius 2 is 1.83 bits per heavy atom. The van der Waals surface area contributed by atoms with Gasteiger partial charge in [0.15, 0.2) is 11.5 Å². The number of benzene rings is 2. The van der Waals surface area contributed by atoms with Gasteiger partial charge in [0, 0.05) is 0 Å². The topological polar surface area (TPSA) is 87.1 Å². The van der Waals surface area contributed by atoms with Gasteiger partial charge in [0.2, 0.25) is 0 Å². The summed E-state index contributed by atoms with van der Waals surface area (Å²) < 4.78 is 5.20. The van der Waals surface area contributed by atoms with Crippen LogP contribution in [0.4, 0.5) is 10.5 Å². The number of carbonyl (C=O) groups excluding carboxylic acids is 2. The molecule has 2 amide bonds. The van der Waals surface area contributed by atoms with Gasteiger partial charge >= 0.3 is 0 Å². The molecule has 0 atom stereocenters. The van der Waals surface area contributed by atoms with E-state index in [2.05, 4.69) is 0 Å². The van der Waals surface area contributed by atoms with Crippen LogP contribution in [0.25, 0.3) is 6.08 Å². The smallest absolute Gasteiger partial charge is 0.298 e. The zero-order valence-electron chi connectivity index (χ0n) is 12.6. The molecule has 7 heteroatoms. The summed E-state index contributed by atoms with van der Waals surface area (Å²) in [6.07, 6.45) is 1.49. The highest BCUT2D eigenvalue weighted by atomic mass is 32.2. The summed E-state index contributed by atoms with van der Waals surface area (Å²) in [6.45, 7) is 0. The Morgan fingerprint density at radius 3 is 2.54 bits per heavy atom. The second kappa shape index (κ2) is 6.29. The third kappa shape index (κ3) is 2.81. The zero-order chi connectivity index (χ0) is 17.3. The molecule has 0 unspecified atom stereocenters. The first-order chi connectivity index (χ1) is 11.5. The van der Waals surface area contributed by atoms with E-state index in [9.17, 15) is 19.8 Å². The SMILES string of the molecule is COc1ccccc1N1C(=O)S/C(=C\c2ccc(O)c(O)c2)C1=O. The predicted molar refractivity (Wildman–Crippen MR) is 91.2 cm³/mol. The third-order valence-corrected chi connectivity index (χ3v) is 4.29. The summed E-state index contributed by atoms with van der Waals surface area (Å²) in [4.78, 5) is 26.1. The van der Waals surface area contributed by atoms with Crippen molar-refractivity contribution >= 4 is 34.7 Å². The average Bonchev–Trinajstić information content (AvgIpc) is 2.85. The second-order valence-corrected chi connectivity index (χ2v) is 5.93. The monoisotopic (exact) mass is 343 g/mol. The molecular weight excluding hydrogens is 330 g/mol. The standard InChI is InChI=1S/C17H13NO5S/c1-23-14-5-3-2-4-11(14)18-16(21)15(24-17(18)22)9-10-6-7-12(19)13(20)8-10/h2-9,19-20H,1H3/b15-9-. The van der Waals surface area contributed by atoms with Crippen molar-refractivity contribution in [3.63, 3.8) is 0 Å². The van der Waals surface area contributed by atoms with Crippen LogP contribution in [0.1, 0.15) is 5.56 Å². The van der Waals surface area contributed by atoms with E-state index in [4.69, 9.17) is 4.74 Å². The maximum absolute atomic E-state index is 12.6. The van der Waals surface area contributed by atoms with Crippen molar-refractivity contribution in [3.8, 4) is 17.2 Å². The molecule has 1 aliphatic rings. The van der Waals surface area contributed by atoms with Crippen molar-refractivity contribution in [2.24, 2.45) is 0 Å². The largest absolute Gasteiger partial charge is 0.504 e. The van der Waals surface area contributed by atoms with Crippen molar-refractivity contribution in [1.29, 1.82) is 0 Å². The van der Waals surface area contributed by atoms with E-state index in [1.54, 1.807) is 24.3 Å². The zero-order valence-corrected chi connectivity index (χ0v) is 13.4. The Hall–Kier alpha value is -2.93. The van der Waals surface area contributed by atoms with Crippen molar-refractivity contribution in [1.82, 2.24) is 0 Å². The molecule has 122 valence electrons. The van der Waals surface area contributed by atoms with Gasteiger partial charge in [-0.1, -0.05) is 18.2 Å². The Morgan fingerprint density at radius 1 is 1.08 bits per heavy atom. The Balaban J connectivity index is 1.97. The van der Waals surface area contributed by atoms with Gasteiger partial charge in [-0.2, -0.15) is 0 Å². The quantitative estimate of drug-likeness (QED) is 0.656. The normalized spacial score (nSPS) is 16.0. The molecule has 2 N–H and O–H groups in total. The summed E-state index contributed by atoms with van der Waals surface area (Å²) in [5.74, 6) is -0.604. The lowest BCUT2D eigenvalue weighted by Gasteiger charge is -2.15. The van der Waals surface area contributed by atoms with Crippen LogP contribution in [0.5, 0.6) is 17.2 Å². The van der Waals surface area contributed by atoms with Gasteiger partial charge in [-0.15, -0.1) is 0 Å². The molecule has 3 rings (SSSR count). The van der Waals surface area contributed by atoms with Crippen LogP contribution in [-0.2, 0) is 4.79 Å². The van der Waals surface area contributed by atoms with E-state index in [1.165, 1.54) is 31.4 Å². The lowest BCUT2D eigenvalue weighted by Crippen LogP contribution is -2.28. The van der Waals surface area contributed by atoms with E-state index in [1.807, 2.05) is 0 Å². The van der Waals surface area contributed by atoms with Gasteiger partial charge in [-0.05, 0) is 47.7 Å². The number of ether oxygens (including phenoxy) is 1. The number of para-hydroxylation sites is 2. The molecule has 1 heterocycles. The number of anilines is 1. The number of rotatable bonds is 3. The van der Waals surface area contributed by atoms with Crippen LogP contribution in [0.2, 0.25) is 0 Å². The van der Waals surface area contributed by atoms with Crippen LogP contribution in [-0.4, -0.2) is 28.5 Å². The van der Waals surface area contributed by atoms with Crippen molar-refractivity contribution in [2.45, 2.75) is 0 Å². The number of thioether (sulfide) groups is 1. The molecule has 24 heavy (non-hydrogen) atoms. The van der Waals surface area contributed by atoms with Crippen LogP contribution >= 0.6 is 11.8 Å². The number of phenols is 2. The fourth-order valence-electron chi connectivity index (χ4n) is 2.27. The minimum Gasteiger partial charge on any atom is -0.504 e. The number of carbonyl (C=O) groups is 2. The Kier molecular flexibility index (Phi) is 4.18. The molecule has 6 nitrogen and oxygen atoms in total. The molecule has 2 aromatic carbocycles. The fraction of sp³-hybridized carbons (Fsp3) is 0.0588. The van der Waals surface area contributed by atoms with Gasteiger partial charge < -0.3 is 14.9 Å². The predicted octanol–water partition coefficient (Wildman–Crippen LogP) is 3.35. The highest BCUT2D eigenvalue weighted by Gasteiger charge is 2.37. The van der Waals surface area contributed by atoms with Crippen molar-refractivity contribution < 1.29 is 24.5 Å². The molecule has 0 aromatic heterocycles. The molecular formula is C17H13NO5S. The molecule has 0 bridgehead atoms. The molecule has 1 aliphatic heterocycles. The number of phenolic OH excluding ortho intramolecular Hbond substituents is 2. The fourth-order valence-corrected chi connectivity index (χ4v) is 3.11. The first-order valence-electron chi connectivity index (χ1n) is 6.94. The number of hydrogen-bond donors (Lipinski definition) is 2. The van der Waals surface area contributed by atoms with Gasteiger partial charge in [0.25, 0.3) is 11.1 Å². The van der Waals surface area contributed by atoms with Crippen LogP contribution in [0.15, 0.2) is 47.4 Å². The maximum Gasteiger partial charge on any atom is 0.298 e. The van der Waals surface area contributed by atoms with Crippen molar-refractivity contribution in [3.05, 3.63) is 52.9 Å². The molecule has 0 saturated carbocycles. The molecule has 2 aromatic rings. The number of aromatic hydroxyl groups is 2. The summed E-state index contributed by atoms with van der Waals surface area (Å²) in [6, 6.07) is 10.9. The Labute approximate surface area is 142 Å². The molecule has 0 spiro atoms. The highest BCUT2D eigenvalue weighted by molar-refractivity contribution is 8.19. The van der Waals surface area contributed by atoms with Crippen LogP contribution in [0, 0.1) is 0 Å². The van der Waals surface area contributed by atoms with Crippen LogP contribution in [0.3, 0.4) is 0 Å². The number of amides is 2. The van der Waals surface area contributed by atoms with E-state index in [-0.39, 0.29) is 16.4 Å². The lowest BCUT2D eigenvalue weighted by molar-refractivity contribution is -0.113. The maximum atomic E-state index is 12.6. The molecule has 0 aliphatic carbocycles. The molecule has 1 saturated heterocycles. The minimum atomic E-state index is -0.470. The highest BCUT2D eigenvalue weighted by Crippen LogP contribution is 2.39.